The predicted molar refractivity (Wildman–Crippen MR) is 94.8 cm³/mol. The van der Waals surface area contributed by atoms with Crippen LogP contribution in [0.15, 0.2) is 44.6 Å². The van der Waals surface area contributed by atoms with Gasteiger partial charge in [0.05, 0.1) is 0 Å². The van der Waals surface area contributed by atoms with E-state index in [9.17, 15) is 9.59 Å². The molecule has 1 aromatic carbocycles. The number of hydrogen-bond donors (Lipinski definition) is 0. The number of benzene rings is 1. The number of hydrogen-bond acceptors (Lipinski definition) is 5. The molecule has 1 aliphatic heterocycles. The molecule has 0 unspecified atom stereocenters. The summed E-state index contributed by atoms with van der Waals surface area (Å²) in [5.41, 5.74) is 1.85. The van der Waals surface area contributed by atoms with Crippen LogP contribution in [0.3, 0.4) is 0 Å². The highest BCUT2D eigenvalue weighted by Gasteiger charge is 2.40. The summed E-state index contributed by atoms with van der Waals surface area (Å²) >= 11 is 0. The van der Waals surface area contributed by atoms with Gasteiger partial charge in [0.1, 0.15) is 23.0 Å². The third kappa shape index (κ3) is 3.31. The number of allylic oxidation sites excluding steroid dienone is 1. The van der Waals surface area contributed by atoms with Crippen LogP contribution in [-0.2, 0) is 16.0 Å². The van der Waals surface area contributed by atoms with Gasteiger partial charge >= 0.3 is 11.6 Å². The molecule has 0 bridgehead atoms. The quantitative estimate of drug-likeness (QED) is 0.482. The summed E-state index contributed by atoms with van der Waals surface area (Å²) in [6.07, 6.45) is 0.318. The second-order valence-electron chi connectivity index (χ2n) is 7.18. The highest BCUT2D eigenvalue weighted by Crippen LogP contribution is 2.37. The molecule has 25 heavy (non-hydrogen) atoms. The first kappa shape index (κ1) is 17.3. The summed E-state index contributed by atoms with van der Waals surface area (Å²) in [6.45, 7) is 9.21. The lowest BCUT2D eigenvalue weighted by atomic mass is 9.96. The molecule has 0 saturated carbocycles. The molecule has 1 aliphatic rings. The number of carbonyl (C=O) groups excluding carboxylic acids is 1. The molecule has 0 fully saturated rings. The molecule has 0 amide bonds. The minimum absolute atomic E-state index is 0.306. The normalized spacial score (nSPS) is 16.3. The topological polar surface area (TPSA) is 65.7 Å². The Morgan fingerprint density at radius 2 is 1.92 bits per heavy atom. The molecular weight excluding hydrogens is 320 g/mol. The van der Waals surface area contributed by atoms with E-state index < -0.39 is 11.2 Å². The van der Waals surface area contributed by atoms with E-state index in [1.807, 2.05) is 33.8 Å². The third-order valence-corrected chi connectivity index (χ3v) is 4.66. The lowest BCUT2D eigenvalue weighted by molar-refractivity contribution is -0.159. The smallest absolute Gasteiger partial charge is 0.336 e. The molecule has 1 aromatic heterocycles. The first-order valence-corrected chi connectivity index (χ1v) is 8.28. The fourth-order valence-electron chi connectivity index (χ4n) is 2.78. The molecule has 0 N–H and O–H groups in total. The van der Waals surface area contributed by atoms with E-state index in [1.54, 1.807) is 19.1 Å². The van der Waals surface area contributed by atoms with Crippen LogP contribution < -0.4 is 10.4 Å². The van der Waals surface area contributed by atoms with Crippen LogP contribution in [0.2, 0.25) is 0 Å². The van der Waals surface area contributed by atoms with E-state index in [-0.39, 0.29) is 12.1 Å². The van der Waals surface area contributed by atoms with Crippen LogP contribution in [0.1, 0.15) is 40.2 Å². The Kier molecular flexibility index (Phi) is 4.19. The molecule has 5 heteroatoms. The number of rotatable bonds is 3. The summed E-state index contributed by atoms with van der Waals surface area (Å²) < 4.78 is 16.9. The second kappa shape index (κ2) is 6.06. The molecule has 132 valence electrons. The van der Waals surface area contributed by atoms with Gasteiger partial charge in [0.15, 0.2) is 0 Å². The zero-order valence-corrected chi connectivity index (χ0v) is 15.1. The van der Waals surface area contributed by atoms with E-state index in [1.165, 1.54) is 6.07 Å². The maximum Gasteiger partial charge on any atom is 0.336 e. The van der Waals surface area contributed by atoms with E-state index in [0.717, 1.165) is 16.5 Å². The van der Waals surface area contributed by atoms with Gasteiger partial charge in [0, 0.05) is 29.5 Å². The van der Waals surface area contributed by atoms with Crippen molar-refractivity contribution in [2.24, 2.45) is 0 Å². The van der Waals surface area contributed by atoms with Gasteiger partial charge in [-0.05, 0) is 52.3 Å². The number of ether oxygens (including phenoxy) is 2. The predicted octanol–water partition coefficient (Wildman–Crippen LogP) is 3.77. The van der Waals surface area contributed by atoms with E-state index in [4.69, 9.17) is 13.9 Å². The lowest BCUT2D eigenvalue weighted by Gasteiger charge is -2.31. The zero-order chi connectivity index (χ0) is 18.4. The van der Waals surface area contributed by atoms with E-state index in [0.29, 0.717) is 23.3 Å². The van der Waals surface area contributed by atoms with Gasteiger partial charge < -0.3 is 13.9 Å². The van der Waals surface area contributed by atoms with E-state index in [2.05, 4.69) is 0 Å². The highest BCUT2D eigenvalue weighted by molar-refractivity contribution is 5.88. The van der Waals surface area contributed by atoms with Gasteiger partial charge in [-0.2, -0.15) is 0 Å². The van der Waals surface area contributed by atoms with Gasteiger partial charge in [0.25, 0.3) is 0 Å². The van der Waals surface area contributed by atoms with Crippen molar-refractivity contribution in [3.8, 4) is 5.75 Å². The fraction of sp³-hybridized carbons (Fsp3) is 0.400. The van der Waals surface area contributed by atoms with Crippen LogP contribution in [0, 0.1) is 0 Å². The Morgan fingerprint density at radius 1 is 1.20 bits per heavy atom. The fourth-order valence-corrected chi connectivity index (χ4v) is 2.78. The Hall–Kier alpha value is -2.56. The number of carbonyl (C=O) groups is 1. The molecule has 1 atom stereocenters. The summed E-state index contributed by atoms with van der Waals surface area (Å²) in [6, 6.07) is 6.81. The average molecular weight is 342 g/mol. The minimum Gasteiger partial charge on any atom is -0.485 e. The van der Waals surface area contributed by atoms with Gasteiger partial charge in [-0.15, -0.1) is 0 Å². The lowest BCUT2D eigenvalue weighted by Crippen LogP contribution is -2.44. The Morgan fingerprint density at radius 3 is 2.60 bits per heavy atom. The molecule has 0 saturated heterocycles. The number of esters is 1. The molecule has 0 radical (unpaired) electrons. The SMILES string of the molecule is CC(C)=C(C)C(=O)OC(C)(C)[C@H]1Cc2cc3ccc(=O)oc3cc2O1. The first-order chi connectivity index (χ1) is 11.7. The number of fused-ring (bicyclic) bond motifs is 2. The maximum atomic E-state index is 12.3. The van der Waals surface area contributed by atoms with Crippen molar-refractivity contribution in [3.05, 3.63) is 51.4 Å². The van der Waals surface area contributed by atoms with Crippen LogP contribution in [0.4, 0.5) is 0 Å². The third-order valence-electron chi connectivity index (χ3n) is 4.66. The average Bonchev–Trinajstić information content (AvgIpc) is 2.95. The molecule has 3 rings (SSSR count). The van der Waals surface area contributed by atoms with Crippen LogP contribution in [0.5, 0.6) is 5.75 Å². The van der Waals surface area contributed by atoms with Crippen LogP contribution in [0.25, 0.3) is 11.0 Å². The summed E-state index contributed by atoms with van der Waals surface area (Å²) in [5, 5.41) is 0.845. The van der Waals surface area contributed by atoms with Crippen molar-refractivity contribution in [1.29, 1.82) is 0 Å². The van der Waals surface area contributed by atoms with Crippen molar-refractivity contribution in [2.45, 2.75) is 52.7 Å². The van der Waals surface area contributed by atoms with Gasteiger partial charge in [0.2, 0.25) is 0 Å². The van der Waals surface area contributed by atoms with Crippen molar-refractivity contribution < 1.29 is 18.7 Å². The van der Waals surface area contributed by atoms with Gasteiger partial charge in [-0.25, -0.2) is 9.59 Å². The van der Waals surface area contributed by atoms with Crippen molar-refractivity contribution in [3.63, 3.8) is 0 Å². The van der Waals surface area contributed by atoms with Gasteiger partial charge in [-0.1, -0.05) is 5.57 Å². The molecule has 0 spiro atoms. The van der Waals surface area contributed by atoms with Crippen molar-refractivity contribution >= 4 is 16.9 Å². The molecule has 2 aromatic rings. The zero-order valence-electron chi connectivity index (χ0n) is 15.1. The standard InChI is InChI=1S/C20H22O5/c1-11(2)12(3)19(22)25-20(4,5)17-9-14-8-13-6-7-18(21)24-15(13)10-16(14)23-17/h6-8,10,17H,9H2,1-5H3/t17-/m1/s1. The second-order valence-corrected chi connectivity index (χ2v) is 7.18. The maximum absolute atomic E-state index is 12.3. The van der Waals surface area contributed by atoms with Crippen LogP contribution >= 0.6 is 0 Å². The van der Waals surface area contributed by atoms with E-state index >= 15 is 0 Å². The Labute approximate surface area is 146 Å². The summed E-state index contributed by atoms with van der Waals surface area (Å²) in [5.74, 6) is 0.329. The monoisotopic (exact) mass is 342 g/mol. The Bertz CT molecular complexity index is 929. The van der Waals surface area contributed by atoms with Gasteiger partial charge in [-0.3, -0.25) is 0 Å². The Balaban J connectivity index is 1.85. The highest BCUT2D eigenvalue weighted by atomic mass is 16.6. The molecule has 2 heterocycles. The minimum atomic E-state index is -0.792. The first-order valence-electron chi connectivity index (χ1n) is 8.28. The summed E-state index contributed by atoms with van der Waals surface area (Å²) in [4.78, 5) is 23.7. The summed E-state index contributed by atoms with van der Waals surface area (Å²) in [7, 11) is 0. The van der Waals surface area contributed by atoms with Crippen molar-refractivity contribution in [1.82, 2.24) is 0 Å². The molecular formula is C20H22O5. The molecule has 5 nitrogen and oxygen atoms in total. The van der Waals surface area contributed by atoms with Crippen molar-refractivity contribution in [2.75, 3.05) is 0 Å². The largest absolute Gasteiger partial charge is 0.485 e. The van der Waals surface area contributed by atoms with Crippen LogP contribution in [-0.4, -0.2) is 17.7 Å². The molecule has 0 aliphatic carbocycles.